The van der Waals surface area contributed by atoms with Crippen LogP contribution in [0.2, 0.25) is 0 Å². The van der Waals surface area contributed by atoms with E-state index in [0.29, 0.717) is 17.6 Å². The fourth-order valence-corrected chi connectivity index (χ4v) is 6.87. The minimum atomic E-state index is -0.942. The number of fused-ring (bicyclic) bond motifs is 1. The predicted molar refractivity (Wildman–Crippen MR) is 176 cm³/mol. The second kappa shape index (κ2) is 13.5. The summed E-state index contributed by atoms with van der Waals surface area (Å²) in [5.41, 5.74) is 4.13. The number of benzene rings is 2. The van der Waals surface area contributed by atoms with Gasteiger partial charge in [0.1, 0.15) is 23.2 Å². The van der Waals surface area contributed by atoms with E-state index >= 15 is 0 Å². The van der Waals surface area contributed by atoms with E-state index in [1.807, 2.05) is 42.5 Å². The van der Waals surface area contributed by atoms with Gasteiger partial charge >= 0.3 is 0 Å². The first kappa shape index (κ1) is 31.7. The largest absolute Gasteiger partial charge is 0.457 e. The Morgan fingerprint density at radius 2 is 1.70 bits per heavy atom. The number of hydrogen-bond acceptors (Lipinski definition) is 6. The van der Waals surface area contributed by atoms with E-state index in [9.17, 15) is 14.8 Å². The van der Waals surface area contributed by atoms with E-state index in [1.54, 1.807) is 22.9 Å². The van der Waals surface area contributed by atoms with Gasteiger partial charge in [-0.05, 0) is 77.1 Å². The Hall–Kier alpha value is -3.75. The van der Waals surface area contributed by atoms with Gasteiger partial charge in [0, 0.05) is 27.3 Å². The van der Waals surface area contributed by atoms with Gasteiger partial charge in [-0.2, -0.15) is 0 Å². The van der Waals surface area contributed by atoms with E-state index in [2.05, 4.69) is 52.1 Å². The average Bonchev–Trinajstić information content (AvgIpc) is 3.69. The van der Waals surface area contributed by atoms with Crippen molar-refractivity contribution in [2.75, 3.05) is 0 Å². The molecule has 3 N–H and O–H groups in total. The predicted octanol–water partition coefficient (Wildman–Crippen LogP) is 8.09. The van der Waals surface area contributed by atoms with Gasteiger partial charge in [0.05, 0.1) is 0 Å². The number of pyridine rings is 1. The second-order valence-corrected chi connectivity index (χ2v) is 14.4. The lowest BCUT2D eigenvalue weighted by molar-refractivity contribution is -0.131. The Morgan fingerprint density at radius 3 is 2.34 bits per heavy atom. The maximum atomic E-state index is 13.6. The molecule has 1 fully saturated rings. The second-order valence-electron chi connectivity index (χ2n) is 13.2. The van der Waals surface area contributed by atoms with Crippen molar-refractivity contribution in [3.63, 3.8) is 0 Å². The fraction of sp³-hybridized carbons (Fsp3) is 0.417. The Balaban J connectivity index is 1.42. The molecule has 0 spiro atoms. The molecule has 1 aliphatic carbocycles. The number of thiophene rings is 1. The summed E-state index contributed by atoms with van der Waals surface area (Å²) in [6.45, 7) is 10.8. The first-order chi connectivity index (χ1) is 21.0. The Kier molecular flexibility index (Phi) is 9.71. The van der Waals surface area contributed by atoms with Crippen LogP contribution in [0.4, 0.5) is 0 Å². The van der Waals surface area contributed by atoms with Gasteiger partial charge in [-0.25, -0.2) is 10.5 Å². The normalized spacial score (nSPS) is 14.6. The molecule has 0 bridgehead atoms. The van der Waals surface area contributed by atoms with E-state index in [0.717, 1.165) is 46.4 Å². The third-order valence-corrected chi connectivity index (χ3v) is 9.83. The summed E-state index contributed by atoms with van der Waals surface area (Å²) in [5, 5.41) is 14.1. The fourth-order valence-electron chi connectivity index (χ4n) is 5.81. The molecule has 232 valence electrons. The molecule has 2 heterocycles. The van der Waals surface area contributed by atoms with Gasteiger partial charge in [0.15, 0.2) is 0 Å². The molecule has 2 amide bonds. The van der Waals surface area contributed by atoms with Crippen LogP contribution in [0.1, 0.15) is 97.7 Å². The van der Waals surface area contributed by atoms with Crippen LogP contribution in [0, 0.1) is 5.92 Å². The van der Waals surface area contributed by atoms with Crippen molar-refractivity contribution in [2.45, 2.75) is 90.5 Å². The summed E-state index contributed by atoms with van der Waals surface area (Å²) in [4.78, 5) is 33.2. The van der Waals surface area contributed by atoms with Crippen molar-refractivity contribution in [3.8, 4) is 11.5 Å². The third kappa shape index (κ3) is 7.66. The lowest BCUT2D eigenvalue weighted by atomic mass is 9.87. The number of nitrogens with zero attached hydrogens (tertiary/aromatic N) is 1. The Bertz CT molecular complexity index is 1610. The Labute approximate surface area is 264 Å². The summed E-state index contributed by atoms with van der Waals surface area (Å²) in [5.74, 6) is 1.24. The zero-order valence-corrected chi connectivity index (χ0v) is 27.1. The number of aromatic nitrogens is 1. The summed E-state index contributed by atoms with van der Waals surface area (Å²) >= 11 is 1.61. The summed E-state index contributed by atoms with van der Waals surface area (Å²) < 4.78 is 6.25. The van der Waals surface area contributed by atoms with Crippen molar-refractivity contribution < 1.29 is 19.5 Å². The van der Waals surface area contributed by atoms with Crippen LogP contribution in [0.5, 0.6) is 11.5 Å². The number of hydrogen-bond donors (Lipinski definition) is 3. The van der Waals surface area contributed by atoms with Crippen LogP contribution in [-0.4, -0.2) is 28.0 Å². The molecule has 0 unspecified atom stereocenters. The monoisotopic (exact) mass is 613 g/mol. The number of ether oxygens (including phenoxy) is 1. The topological polar surface area (TPSA) is 101 Å². The van der Waals surface area contributed by atoms with Gasteiger partial charge in [-0.15, -0.1) is 11.3 Å². The first-order valence-corrected chi connectivity index (χ1v) is 16.4. The van der Waals surface area contributed by atoms with E-state index in [-0.39, 0.29) is 17.5 Å². The molecule has 0 radical (unpaired) electrons. The highest BCUT2D eigenvalue weighted by molar-refractivity contribution is 7.12. The minimum absolute atomic E-state index is 0.0649. The van der Waals surface area contributed by atoms with Crippen LogP contribution in [-0.2, 0) is 23.1 Å². The standard InChI is InChI=1S/C36H43N3O4S/c1-22(2)33-17-16-28(44-33)21-32(35(41)39-42)38-34(40)31-19-24-10-13-27(43-26-14-11-25(12-15-26)36(3,4)5)20-29(24)30(37-31)18-23-8-6-7-9-23/h10-17,19-20,22-23,32,42H,6-9,18,21H2,1-5H3,(H,38,40)(H,39,41)/t32-/m1/s1. The minimum Gasteiger partial charge on any atom is -0.457 e. The molecule has 8 heteroatoms. The molecule has 4 aromatic rings. The average molecular weight is 614 g/mol. The summed E-state index contributed by atoms with van der Waals surface area (Å²) in [6, 6.07) is 18.9. The van der Waals surface area contributed by atoms with Gasteiger partial charge in [-0.3, -0.25) is 14.8 Å². The van der Waals surface area contributed by atoms with Gasteiger partial charge in [0.2, 0.25) is 0 Å². The SMILES string of the molecule is CC(C)c1ccc(C[C@@H](NC(=O)c2cc3ccc(Oc4ccc(C(C)(C)C)cc4)cc3c(CC3CCCC3)n2)C(=O)NO)s1. The van der Waals surface area contributed by atoms with Crippen LogP contribution in [0.25, 0.3) is 10.8 Å². The Morgan fingerprint density at radius 1 is 1.00 bits per heavy atom. The molecule has 1 atom stereocenters. The van der Waals surface area contributed by atoms with Crippen molar-refractivity contribution >= 4 is 33.9 Å². The van der Waals surface area contributed by atoms with Crippen molar-refractivity contribution in [2.24, 2.45) is 5.92 Å². The molecular weight excluding hydrogens is 570 g/mol. The smallest absolute Gasteiger partial charge is 0.270 e. The number of amides is 2. The number of hydroxylamine groups is 1. The molecule has 7 nitrogen and oxygen atoms in total. The van der Waals surface area contributed by atoms with Crippen LogP contribution >= 0.6 is 11.3 Å². The summed E-state index contributed by atoms with van der Waals surface area (Å²) in [6.07, 6.45) is 5.76. The number of carbonyl (C=O) groups is 2. The van der Waals surface area contributed by atoms with Crippen LogP contribution in [0.15, 0.2) is 60.7 Å². The molecule has 44 heavy (non-hydrogen) atoms. The maximum absolute atomic E-state index is 13.6. The molecule has 1 saturated carbocycles. The molecular formula is C36H43N3O4S. The van der Waals surface area contributed by atoms with Crippen LogP contribution < -0.4 is 15.5 Å². The highest BCUT2D eigenvalue weighted by Gasteiger charge is 2.25. The number of nitrogens with one attached hydrogen (secondary N) is 2. The lowest BCUT2D eigenvalue weighted by Crippen LogP contribution is -2.47. The van der Waals surface area contributed by atoms with E-state index in [4.69, 9.17) is 9.72 Å². The van der Waals surface area contributed by atoms with Crippen molar-refractivity contribution in [1.29, 1.82) is 0 Å². The maximum Gasteiger partial charge on any atom is 0.270 e. The first-order valence-electron chi connectivity index (χ1n) is 15.6. The van der Waals surface area contributed by atoms with Crippen molar-refractivity contribution in [1.82, 2.24) is 15.8 Å². The molecule has 2 aromatic carbocycles. The van der Waals surface area contributed by atoms with Gasteiger partial charge in [0.25, 0.3) is 11.8 Å². The molecule has 5 rings (SSSR count). The van der Waals surface area contributed by atoms with Gasteiger partial charge in [-0.1, -0.05) is 78.5 Å². The highest BCUT2D eigenvalue weighted by atomic mass is 32.1. The number of rotatable bonds is 10. The third-order valence-electron chi connectivity index (χ3n) is 8.42. The van der Waals surface area contributed by atoms with E-state index < -0.39 is 17.9 Å². The van der Waals surface area contributed by atoms with Crippen molar-refractivity contribution in [3.05, 3.63) is 87.4 Å². The van der Waals surface area contributed by atoms with Crippen LogP contribution in [0.3, 0.4) is 0 Å². The summed E-state index contributed by atoms with van der Waals surface area (Å²) in [7, 11) is 0. The quantitative estimate of drug-likeness (QED) is 0.124. The zero-order valence-electron chi connectivity index (χ0n) is 26.3. The molecule has 0 aliphatic heterocycles. The lowest BCUT2D eigenvalue weighted by Gasteiger charge is -2.19. The zero-order chi connectivity index (χ0) is 31.4. The highest BCUT2D eigenvalue weighted by Crippen LogP contribution is 2.33. The number of carbonyl (C=O) groups excluding carboxylic acids is 2. The van der Waals surface area contributed by atoms with Gasteiger partial charge < -0.3 is 10.1 Å². The van der Waals surface area contributed by atoms with E-state index in [1.165, 1.54) is 23.3 Å². The molecule has 2 aromatic heterocycles. The molecule has 1 aliphatic rings. The molecule has 0 saturated heterocycles.